The Hall–Kier alpha value is -0.860. The molecule has 0 amide bonds. The van der Waals surface area contributed by atoms with E-state index in [0.717, 1.165) is 26.1 Å². The Balaban J connectivity index is 2.29. The molecule has 0 N–H and O–H groups in total. The molecule has 2 rings (SSSR count). The molecule has 1 aromatic carbocycles. The van der Waals surface area contributed by atoms with Crippen molar-refractivity contribution in [2.24, 2.45) is 0 Å². The van der Waals surface area contributed by atoms with Gasteiger partial charge in [0.25, 0.3) is 0 Å². The van der Waals surface area contributed by atoms with Gasteiger partial charge in [0, 0.05) is 19.1 Å². The summed E-state index contributed by atoms with van der Waals surface area (Å²) in [5.41, 5.74) is 1.42. The average molecular weight is 234 g/mol. The molecule has 2 unspecified atom stereocenters. The van der Waals surface area contributed by atoms with Gasteiger partial charge in [-0.2, -0.15) is 0 Å². The van der Waals surface area contributed by atoms with Crippen LogP contribution in [0.25, 0.3) is 0 Å². The highest BCUT2D eigenvalue weighted by molar-refractivity contribution is 5.29. The van der Waals surface area contributed by atoms with E-state index < -0.39 is 0 Å². The molecule has 1 aliphatic rings. The zero-order valence-electron chi connectivity index (χ0n) is 10.8. The highest BCUT2D eigenvalue weighted by Crippen LogP contribution is 2.43. The number of benzene rings is 1. The first kappa shape index (κ1) is 12.6. The minimum atomic E-state index is 0.0615. The van der Waals surface area contributed by atoms with Gasteiger partial charge in [-0.05, 0) is 31.7 Å². The minimum absolute atomic E-state index is 0.0615. The molecule has 1 saturated carbocycles. The Morgan fingerprint density at radius 3 is 2.71 bits per heavy atom. The lowest BCUT2D eigenvalue weighted by molar-refractivity contribution is -0.000753. The van der Waals surface area contributed by atoms with Crippen molar-refractivity contribution in [1.82, 2.24) is 0 Å². The van der Waals surface area contributed by atoms with Crippen molar-refractivity contribution in [2.45, 2.75) is 37.7 Å². The van der Waals surface area contributed by atoms with E-state index in [1.807, 2.05) is 7.11 Å². The standard InChI is InChI=1S/C15H22O2/c1-3-17-12-15(11-7-10-14(15)16-2)13-8-5-4-6-9-13/h4-6,8-9,14H,3,7,10-12H2,1-2H3. The van der Waals surface area contributed by atoms with Crippen LogP contribution in [-0.4, -0.2) is 26.4 Å². The maximum absolute atomic E-state index is 5.73. The van der Waals surface area contributed by atoms with Crippen molar-refractivity contribution in [3.8, 4) is 0 Å². The summed E-state index contributed by atoms with van der Waals surface area (Å²) in [5, 5.41) is 0. The highest BCUT2D eigenvalue weighted by atomic mass is 16.5. The van der Waals surface area contributed by atoms with E-state index in [-0.39, 0.29) is 11.5 Å². The number of hydrogen-bond donors (Lipinski definition) is 0. The van der Waals surface area contributed by atoms with Gasteiger partial charge in [-0.15, -0.1) is 0 Å². The molecule has 17 heavy (non-hydrogen) atoms. The van der Waals surface area contributed by atoms with E-state index in [0.29, 0.717) is 0 Å². The topological polar surface area (TPSA) is 18.5 Å². The van der Waals surface area contributed by atoms with Crippen molar-refractivity contribution >= 4 is 0 Å². The van der Waals surface area contributed by atoms with Gasteiger partial charge in [0.2, 0.25) is 0 Å². The molecule has 1 aliphatic carbocycles. The first-order valence-corrected chi connectivity index (χ1v) is 6.49. The Labute approximate surface area is 104 Å². The molecule has 1 fully saturated rings. The molecule has 0 radical (unpaired) electrons. The fourth-order valence-electron chi connectivity index (χ4n) is 3.02. The maximum Gasteiger partial charge on any atom is 0.0690 e. The highest BCUT2D eigenvalue weighted by Gasteiger charge is 2.44. The summed E-state index contributed by atoms with van der Waals surface area (Å²) in [5.74, 6) is 0. The van der Waals surface area contributed by atoms with Crippen molar-refractivity contribution in [3.05, 3.63) is 35.9 Å². The second kappa shape index (κ2) is 5.65. The van der Waals surface area contributed by atoms with Gasteiger partial charge in [0.1, 0.15) is 0 Å². The van der Waals surface area contributed by atoms with Gasteiger partial charge in [0.05, 0.1) is 12.7 Å². The van der Waals surface area contributed by atoms with Gasteiger partial charge >= 0.3 is 0 Å². The van der Waals surface area contributed by atoms with Gasteiger partial charge in [0.15, 0.2) is 0 Å². The van der Waals surface area contributed by atoms with Crippen LogP contribution in [0.2, 0.25) is 0 Å². The quantitative estimate of drug-likeness (QED) is 0.779. The van der Waals surface area contributed by atoms with Crippen LogP contribution in [0.3, 0.4) is 0 Å². The van der Waals surface area contributed by atoms with Crippen LogP contribution in [0.15, 0.2) is 30.3 Å². The molecule has 2 heteroatoms. The summed E-state index contributed by atoms with van der Waals surface area (Å²) in [4.78, 5) is 0. The van der Waals surface area contributed by atoms with Crippen LogP contribution in [0, 0.1) is 0 Å². The van der Waals surface area contributed by atoms with Gasteiger partial charge < -0.3 is 9.47 Å². The predicted octanol–water partition coefficient (Wildman–Crippen LogP) is 3.16. The van der Waals surface area contributed by atoms with E-state index in [1.54, 1.807) is 0 Å². The Kier molecular flexibility index (Phi) is 4.19. The van der Waals surface area contributed by atoms with Gasteiger partial charge in [-0.3, -0.25) is 0 Å². The Bertz CT molecular complexity index is 336. The summed E-state index contributed by atoms with van der Waals surface area (Å²) in [6.07, 6.45) is 3.81. The summed E-state index contributed by atoms with van der Waals surface area (Å²) in [6, 6.07) is 10.7. The minimum Gasteiger partial charge on any atom is -0.381 e. The second-order valence-electron chi connectivity index (χ2n) is 4.78. The van der Waals surface area contributed by atoms with Crippen molar-refractivity contribution in [1.29, 1.82) is 0 Å². The Morgan fingerprint density at radius 1 is 1.29 bits per heavy atom. The third-order valence-corrected chi connectivity index (χ3v) is 3.90. The van der Waals surface area contributed by atoms with E-state index in [9.17, 15) is 0 Å². The fourth-order valence-corrected chi connectivity index (χ4v) is 3.02. The van der Waals surface area contributed by atoms with E-state index in [1.165, 1.54) is 12.0 Å². The molecule has 0 bridgehead atoms. The average Bonchev–Trinajstić information content (AvgIpc) is 2.81. The molecule has 2 atom stereocenters. The molecule has 0 spiro atoms. The molecule has 2 nitrogen and oxygen atoms in total. The van der Waals surface area contributed by atoms with Crippen LogP contribution in [0.1, 0.15) is 31.7 Å². The molecular formula is C15H22O2. The fraction of sp³-hybridized carbons (Fsp3) is 0.600. The molecule has 0 heterocycles. The van der Waals surface area contributed by atoms with E-state index in [4.69, 9.17) is 9.47 Å². The van der Waals surface area contributed by atoms with Crippen LogP contribution in [0.4, 0.5) is 0 Å². The van der Waals surface area contributed by atoms with Crippen molar-refractivity contribution in [3.63, 3.8) is 0 Å². The smallest absolute Gasteiger partial charge is 0.0690 e. The normalized spacial score (nSPS) is 28.5. The van der Waals surface area contributed by atoms with Crippen molar-refractivity contribution < 1.29 is 9.47 Å². The lowest BCUT2D eigenvalue weighted by Crippen LogP contribution is -2.40. The maximum atomic E-state index is 5.73. The largest absolute Gasteiger partial charge is 0.381 e. The van der Waals surface area contributed by atoms with Crippen LogP contribution in [-0.2, 0) is 14.9 Å². The SMILES string of the molecule is CCOCC1(c2ccccc2)CCCC1OC. The number of methoxy groups -OCH3 is 1. The van der Waals surface area contributed by atoms with Crippen LogP contribution >= 0.6 is 0 Å². The van der Waals surface area contributed by atoms with E-state index >= 15 is 0 Å². The predicted molar refractivity (Wildman–Crippen MR) is 69.3 cm³/mol. The van der Waals surface area contributed by atoms with Gasteiger partial charge in [-0.1, -0.05) is 30.3 Å². The zero-order valence-corrected chi connectivity index (χ0v) is 10.8. The lowest BCUT2D eigenvalue weighted by atomic mass is 9.78. The third kappa shape index (κ3) is 2.38. The first-order valence-electron chi connectivity index (χ1n) is 6.49. The second-order valence-corrected chi connectivity index (χ2v) is 4.78. The number of rotatable bonds is 5. The lowest BCUT2D eigenvalue weighted by Gasteiger charge is -2.35. The molecule has 0 saturated heterocycles. The molecule has 1 aromatic rings. The number of hydrogen-bond acceptors (Lipinski definition) is 2. The van der Waals surface area contributed by atoms with Crippen LogP contribution < -0.4 is 0 Å². The molecule has 0 aliphatic heterocycles. The summed E-state index contributed by atoms with van der Waals surface area (Å²) in [6.45, 7) is 3.59. The third-order valence-electron chi connectivity index (χ3n) is 3.90. The molecular weight excluding hydrogens is 212 g/mol. The van der Waals surface area contributed by atoms with E-state index in [2.05, 4.69) is 37.3 Å². The van der Waals surface area contributed by atoms with Crippen LogP contribution in [0.5, 0.6) is 0 Å². The summed E-state index contributed by atoms with van der Waals surface area (Å²) >= 11 is 0. The van der Waals surface area contributed by atoms with Gasteiger partial charge in [-0.25, -0.2) is 0 Å². The monoisotopic (exact) mass is 234 g/mol. The van der Waals surface area contributed by atoms with Crippen molar-refractivity contribution in [2.75, 3.05) is 20.3 Å². The summed E-state index contributed by atoms with van der Waals surface area (Å²) in [7, 11) is 1.82. The summed E-state index contributed by atoms with van der Waals surface area (Å²) < 4.78 is 11.4. The first-order chi connectivity index (χ1) is 8.33. The zero-order chi connectivity index (χ0) is 12.1. The molecule has 0 aromatic heterocycles. The number of ether oxygens (including phenoxy) is 2. The Morgan fingerprint density at radius 2 is 2.06 bits per heavy atom. The molecule has 94 valence electrons.